The van der Waals surface area contributed by atoms with Crippen LogP contribution in [0.3, 0.4) is 0 Å². The summed E-state index contributed by atoms with van der Waals surface area (Å²) in [6.07, 6.45) is 5.10. The van der Waals surface area contributed by atoms with Crippen molar-refractivity contribution in [3.05, 3.63) is 30.3 Å². The van der Waals surface area contributed by atoms with Crippen molar-refractivity contribution in [2.24, 2.45) is 0 Å². The summed E-state index contributed by atoms with van der Waals surface area (Å²) < 4.78 is 10.2. The van der Waals surface area contributed by atoms with Crippen LogP contribution in [0.5, 0.6) is 0 Å². The Hall–Kier alpha value is -2.77. The van der Waals surface area contributed by atoms with E-state index in [1.807, 2.05) is 13.0 Å². The van der Waals surface area contributed by atoms with Gasteiger partial charge in [-0.15, -0.1) is 0 Å². The standard InChI is InChI=1S/C18H22N4O4/c1-13-6-3-5-11-22(13)16(23)12-25-17(24)9-8-15-20-18(21-26-15)14-7-2-4-10-19-14/h2,4,7,10,13H,3,5-6,8-9,11-12H2,1H3. The highest BCUT2D eigenvalue weighted by atomic mass is 16.5. The molecule has 0 aliphatic carbocycles. The molecule has 0 spiro atoms. The molecule has 1 unspecified atom stereocenters. The Balaban J connectivity index is 1.43. The van der Waals surface area contributed by atoms with Crippen molar-refractivity contribution in [2.45, 2.75) is 45.1 Å². The fraction of sp³-hybridized carbons (Fsp3) is 0.500. The molecule has 3 rings (SSSR count). The molecule has 0 aromatic carbocycles. The van der Waals surface area contributed by atoms with Gasteiger partial charge in [-0.05, 0) is 38.3 Å². The molecule has 0 radical (unpaired) electrons. The highest BCUT2D eigenvalue weighted by Crippen LogP contribution is 2.16. The van der Waals surface area contributed by atoms with Crippen LogP contribution >= 0.6 is 0 Å². The van der Waals surface area contributed by atoms with Crippen molar-refractivity contribution in [1.82, 2.24) is 20.0 Å². The van der Waals surface area contributed by atoms with E-state index in [0.29, 0.717) is 17.4 Å². The third-order valence-corrected chi connectivity index (χ3v) is 4.39. The highest BCUT2D eigenvalue weighted by Gasteiger charge is 2.24. The maximum absolute atomic E-state index is 12.1. The van der Waals surface area contributed by atoms with Crippen molar-refractivity contribution in [3.8, 4) is 11.5 Å². The lowest BCUT2D eigenvalue weighted by Gasteiger charge is -2.33. The number of rotatable bonds is 6. The third kappa shape index (κ3) is 4.65. The molecule has 26 heavy (non-hydrogen) atoms. The van der Waals surface area contributed by atoms with Crippen LogP contribution in [0.4, 0.5) is 0 Å². The molecule has 8 heteroatoms. The predicted molar refractivity (Wildman–Crippen MR) is 91.8 cm³/mol. The summed E-state index contributed by atoms with van der Waals surface area (Å²) in [5, 5.41) is 3.85. The number of pyridine rings is 1. The molecule has 1 aliphatic heterocycles. The molecule has 0 saturated carbocycles. The van der Waals surface area contributed by atoms with E-state index < -0.39 is 5.97 Å². The number of carbonyl (C=O) groups excluding carboxylic acids is 2. The number of carbonyl (C=O) groups is 2. The van der Waals surface area contributed by atoms with Crippen LogP contribution in [-0.4, -0.2) is 51.1 Å². The van der Waals surface area contributed by atoms with Gasteiger partial charge in [0.2, 0.25) is 11.7 Å². The molecule has 0 N–H and O–H groups in total. The van der Waals surface area contributed by atoms with Crippen LogP contribution in [0.25, 0.3) is 11.5 Å². The zero-order valence-electron chi connectivity index (χ0n) is 14.8. The maximum atomic E-state index is 12.1. The Kier molecular flexibility index (Phi) is 5.93. The number of aromatic nitrogens is 3. The Bertz CT molecular complexity index is 747. The minimum Gasteiger partial charge on any atom is -0.456 e. The Morgan fingerprint density at radius 3 is 3.00 bits per heavy atom. The van der Waals surface area contributed by atoms with Gasteiger partial charge >= 0.3 is 5.97 Å². The fourth-order valence-electron chi connectivity index (χ4n) is 2.93. The summed E-state index contributed by atoms with van der Waals surface area (Å²) in [7, 11) is 0. The molecular weight excluding hydrogens is 336 g/mol. The molecule has 1 atom stereocenters. The van der Waals surface area contributed by atoms with Gasteiger partial charge in [-0.25, -0.2) is 0 Å². The van der Waals surface area contributed by atoms with Gasteiger partial charge in [0, 0.05) is 25.2 Å². The quantitative estimate of drug-likeness (QED) is 0.728. The Labute approximate surface area is 151 Å². The topological polar surface area (TPSA) is 98.4 Å². The van der Waals surface area contributed by atoms with Gasteiger partial charge in [0.25, 0.3) is 5.91 Å². The molecule has 3 heterocycles. The molecule has 1 fully saturated rings. The number of amides is 1. The molecular formula is C18H22N4O4. The molecule has 8 nitrogen and oxygen atoms in total. The summed E-state index contributed by atoms with van der Waals surface area (Å²) in [6.45, 7) is 2.54. The number of hydrogen-bond acceptors (Lipinski definition) is 7. The monoisotopic (exact) mass is 358 g/mol. The summed E-state index contributed by atoms with van der Waals surface area (Å²) >= 11 is 0. The van der Waals surface area contributed by atoms with Crippen molar-refractivity contribution < 1.29 is 18.8 Å². The summed E-state index contributed by atoms with van der Waals surface area (Å²) in [5.74, 6) is 0.114. The number of hydrogen-bond donors (Lipinski definition) is 0. The smallest absolute Gasteiger partial charge is 0.306 e. The number of aryl methyl sites for hydroxylation is 1. The zero-order valence-corrected chi connectivity index (χ0v) is 14.8. The van der Waals surface area contributed by atoms with Gasteiger partial charge in [0.15, 0.2) is 6.61 Å². The minimum absolute atomic E-state index is 0.0761. The first-order valence-electron chi connectivity index (χ1n) is 8.82. The molecule has 1 aliphatic rings. The van der Waals surface area contributed by atoms with Gasteiger partial charge in [-0.2, -0.15) is 4.98 Å². The van der Waals surface area contributed by atoms with Crippen molar-refractivity contribution >= 4 is 11.9 Å². The fourth-order valence-corrected chi connectivity index (χ4v) is 2.93. The third-order valence-electron chi connectivity index (χ3n) is 4.39. The minimum atomic E-state index is -0.458. The van der Waals surface area contributed by atoms with E-state index in [2.05, 4.69) is 15.1 Å². The number of piperidine rings is 1. The van der Waals surface area contributed by atoms with Gasteiger partial charge in [-0.3, -0.25) is 14.6 Å². The average Bonchev–Trinajstić information content (AvgIpc) is 3.14. The van der Waals surface area contributed by atoms with Crippen LogP contribution in [0.1, 0.15) is 38.5 Å². The zero-order chi connectivity index (χ0) is 18.4. The second-order valence-corrected chi connectivity index (χ2v) is 6.32. The normalized spacial score (nSPS) is 17.1. The second kappa shape index (κ2) is 8.55. The summed E-state index contributed by atoms with van der Waals surface area (Å²) in [6, 6.07) is 5.61. The molecule has 1 saturated heterocycles. The first kappa shape index (κ1) is 18.0. The summed E-state index contributed by atoms with van der Waals surface area (Å²) in [5.41, 5.74) is 0.603. The van der Waals surface area contributed by atoms with E-state index in [9.17, 15) is 9.59 Å². The lowest BCUT2D eigenvalue weighted by Crippen LogP contribution is -2.44. The number of likely N-dealkylation sites (tertiary alicyclic amines) is 1. The number of ether oxygens (including phenoxy) is 1. The molecule has 1 amide bonds. The van der Waals surface area contributed by atoms with Gasteiger partial charge in [-0.1, -0.05) is 11.2 Å². The van der Waals surface area contributed by atoms with Crippen molar-refractivity contribution in [3.63, 3.8) is 0 Å². The van der Waals surface area contributed by atoms with Gasteiger partial charge in [0.1, 0.15) is 5.69 Å². The molecule has 2 aromatic heterocycles. The molecule has 0 bridgehead atoms. The highest BCUT2D eigenvalue weighted by molar-refractivity contribution is 5.81. The first-order valence-corrected chi connectivity index (χ1v) is 8.82. The van der Waals surface area contributed by atoms with E-state index in [1.54, 1.807) is 23.2 Å². The molecule has 2 aromatic rings. The molecule has 138 valence electrons. The van der Waals surface area contributed by atoms with E-state index >= 15 is 0 Å². The first-order chi connectivity index (χ1) is 12.6. The van der Waals surface area contributed by atoms with E-state index in [-0.39, 0.29) is 31.4 Å². The maximum Gasteiger partial charge on any atom is 0.306 e. The predicted octanol–water partition coefficient (Wildman–Crippen LogP) is 2.01. The van der Waals surface area contributed by atoms with E-state index in [1.165, 1.54) is 0 Å². The Morgan fingerprint density at radius 1 is 1.35 bits per heavy atom. The Morgan fingerprint density at radius 2 is 2.23 bits per heavy atom. The van der Waals surface area contributed by atoms with Crippen LogP contribution in [0, 0.1) is 0 Å². The van der Waals surface area contributed by atoms with Crippen LogP contribution < -0.4 is 0 Å². The van der Waals surface area contributed by atoms with Crippen LogP contribution in [-0.2, 0) is 20.7 Å². The van der Waals surface area contributed by atoms with E-state index in [4.69, 9.17) is 9.26 Å². The average molecular weight is 358 g/mol. The second-order valence-electron chi connectivity index (χ2n) is 6.32. The van der Waals surface area contributed by atoms with Crippen LogP contribution in [0.2, 0.25) is 0 Å². The van der Waals surface area contributed by atoms with E-state index in [0.717, 1.165) is 25.8 Å². The number of nitrogens with zero attached hydrogens (tertiary/aromatic N) is 4. The van der Waals surface area contributed by atoms with Gasteiger partial charge < -0.3 is 14.2 Å². The summed E-state index contributed by atoms with van der Waals surface area (Å²) in [4.78, 5) is 34.1. The van der Waals surface area contributed by atoms with Gasteiger partial charge in [0.05, 0.1) is 6.42 Å². The van der Waals surface area contributed by atoms with Crippen molar-refractivity contribution in [1.29, 1.82) is 0 Å². The lowest BCUT2D eigenvalue weighted by molar-refractivity contribution is -0.153. The lowest BCUT2D eigenvalue weighted by atomic mass is 10.0. The SMILES string of the molecule is CC1CCCCN1C(=O)COC(=O)CCc1nc(-c2ccccn2)no1. The van der Waals surface area contributed by atoms with Crippen molar-refractivity contribution in [2.75, 3.05) is 13.2 Å². The number of esters is 1. The van der Waals surface area contributed by atoms with Crippen LogP contribution in [0.15, 0.2) is 28.9 Å². The largest absolute Gasteiger partial charge is 0.456 e.